The lowest BCUT2D eigenvalue weighted by molar-refractivity contribution is 0.325. The van der Waals surface area contributed by atoms with Crippen LogP contribution < -0.4 is 4.74 Å². The molecular weight excluding hydrogens is 268 g/mol. The molecule has 1 aromatic carbocycles. The van der Waals surface area contributed by atoms with E-state index < -0.39 is 0 Å². The zero-order valence-corrected chi connectivity index (χ0v) is 14.6. The summed E-state index contributed by atoms with van der Waals surface area (Å²) in [6.07, 6.45) is 13.6. The van der Waals surface area contributed by atoms with Crippen LogP contribution in [0, 0.1) is 5.92 Å². The number of allylic oxidation sites excluding steroid dienone is 2. The van der Waals surface area contributed by atoms with Gasteiger partial charge >= 0.3 is 0 Å². The standard InChI is InChI=1S/C21H32O/c1-4-7-9-17-10-12-18(13-11-17)19-14-15-21(22-6-3)20(16-19)8-5-2/h4,7,14-18H,5-6,8-13H2,1-3H3/b7-4+. The van der Waals surface area contributed by atoms with Gasteiger partial charge in [0.25, 0.3) is 0 Å². The van der Waals surface area contributed by atoms with E-state index in [2.05, 4.69) is 51.1 Å². The Bertz CT molecular complexity index is 467. The molecule has 1 fully saturated rings. The molecule has 122 valence electrons. The first-order valence-electron chi connectivity index (χ1n) is 9.15. The Morgan fingerprint density at radius 2 is 1.91 bits per heavy atom. The van der Waals surface area contributed by atoms with E-state index in [0.29, 0.717) is 0 Å². The fourth-order valence-corrected chi connectivity index (χ4v) is 3.67. The summed E-state index contributed by atoms with van der Waals surface area (Å²) < 4.78 is 5.79. The minimum Gasteiger partial charge on any atom is -0.494 e. The van der Waals surface area contributed by atoms with E-state index in [0.717, 1.165) is 30.6 Å². The van der Waals surface area contributed by atoms with Gasteiger partial charge in [0.2, 0.25) is 0 Å². The van der Waals surface area contributed by atoms with Crippen molar-refractivity contribution in [1.29, 1.82) is 0 Å². The lowest BCUT2D eigenvalue weighted by Crippen LogP contribution is -2.13. The number of aryl methyl sites for hydroxylation is 1. The molecule has 0 aromatic heterocycles. The van der Waals surface area contributed by atoms with Gasteiger partial charge in [-0.25, -0.2) is 0 Å². The fraction of sp³-hybridized carbons (Fsp3) is 0.619. The van der Waals surface area contributed by atoms with Gasteiger partial charge in [0, 0.05) is 0 Å². The largest absolute Gasteiger partial charge is 0.494 e. The van der Waals surface area contributed by atoms with E-state index in [1.54, 1.807) is 0 Å². The van der Waals surface area contributed by atoms with Crippen molar-refractivity contribution in [1.82, 2.24) is 0 Å². The number of ether oxygens (including phenoxy) is 1. The van der Waals surface area contributed by atoms with Crippen molar-refractivity contribution in [2.75, 3.05) is 6.61 Å². The molecule has 0 spiro atoms. The average Bonchev–Trinajstić information content (AvgIpc) is 2.55. The smallest absolute Gasteiger partial charge is 0.122 e. The van der Waals surface area contributed by atoms with Gasteiger partial charge in [-0.3, -0.25) is 0 Å². The summed E-state index contributed by atoms with van der Waals surface area (Å²) in [5.41, 5.74) is 2.94. The van der Waals surface area contributed by atoms with Crippen molar-refractivity contribution in [3.05, 3.63) is 41.5 Å². The molecule has 1 nitrogen and oxygen atoms in total. The first-order chi connectivity index (χ1) is 10.8. The van der Waals surface area contributed by atoms with E-state index in [4.69, 9.17) is 4.74 Å². The van der Waals surface area contributed by atoms with Crippen LogP contribution in [0.3, 0.4) is 0 Å². The molecule has 1 aliphatic rings. The first kappa shape index (κ1) is 17.1. The van der Waals surface area contributed by atoms with Gasteiger partial charge in [0.1, 0.15) is 5.75 Å². The summed E-state index contributed by atoms with van der Waals surface area (Å²) in [7, 11) is 0. The Kier molecular flexibility index (Phi) is 7.02. The van der Waals surface area contributed by atoms with Gasteiger partial charge in [-0.1, -0.05) is 37.6 Å². The normalized spacial score (nSPS) is 22.1. The van der Waals surface area contributed by atoms with Crippen molar-refractivity contribution in [3.8, 4) is 5.75 Å². The third kappa shape index (κ3) is 4.63. The zero-order valence-electron chi connectivity index (χ0n) is 14.6. The van der Waals surface area contributed by atoms with Crippen LogP contribution in [0.4, 0.5) is 0 Å². The quantitative estimate of drug-likeness (QED) is 0.539. The molecule has 0 unspecified atom stereocenters. The summed E-state index contributed by atoms with van der Waals surface area (Å²) in [6.45, 7) is 7.19. The average molecular weight is 300 g/mol. The SMILES string of the molecule is C/C=C/CC1CCC(c2ccc(OCC)c(CCC)c2)CC1. The monoisotopic (exact) mass is 300 g/mol. The Labute approximate surface area is 136 Å². The molecule has 0 saturated heterocycles. The summed E-state index contributed by atoms with van der Waals surface area (Å²) in [4.78, 5) is 0. The molecule has 1 heteroatoms. The lowest BCUT2D eigenvalue weighted by Gasteiger charge is -2.28. The molecule has 1 aromatic rings. The summed E-state index contributed by atoms with van der Waals surface area (Å²) in [6, 6.07) is 6.93. The van der Waals surface area contributed by atoms with Crippen LogP contribution in [0.2, 0.25) is 0 Å². The second kappa shape index (κ2) is 9.02. The van der Waals surface area contributed by atoms with Crippen LogP contribution in [0.1, 0.15) is 76.3 Å². The van der Waals surface area contributed by atoms with Gasteiger partial charge in [0.05, 0.1) is 6.61 Å². The Balaban J connectivity index is 2.02. The maximum atomic E-state index is 5.79. The van der Waals surface area contributed by atoms with Crippen LogP contribution in [0.25, 0.3) is 0 Å². The van der Waals surface area contributed by atoms with Gasteiger partial charge < -0.3 is 4.74 Å². The second-order valence-electron chi connectivity index (χ2n) is 6.57. The molecule has 0 aliphatic heterocycles. The van der Waals surface area contributed by atoms with Crippen LogP contribution in [0.15, 0.2) is 30.4 Å². The van der Waals surface area contributed by atoms with Gasteiger partial charge in [-0.15, -0.1) is 0 Å². The number of hydrogen-bond donors (Lipinski definition) is 0. The molecule has 0 atom stereocenters. The van der Waals surface area contributed by atoms with Crippen molar-refractivity contribution >= 4 is 0 Å². The third-order valence-corrected chi connectivity index (χ3v) is 4.93. The third-order valence-electron chi connectivity index (χ3n) is 4.93. The van der Waals surface area contributed by atoms with Crippen LogP contribution in [-0.2, 0) is 6.42 Å². The second-order valence-corrected chi connectivity index (χ2v) is 6.57. The number of benzene rings is 1. The predicted molar refractivity (Wildman–Crippen MR) is 95.7 cm³/mol. The van der Waals surface area contributed by atoms with Crippen molar-refractivity contribution < 1.29 is 4.74 Å². The molecule has 0 amide bonds. The Morgan fingerprint density at radius 3 is 2.55 bits per heavy atom. The van der Waals surface area contributed by atoms with E-state index in [9.17, 15) is 0 Å². The van der Waals surface area contributed by atoms with Crippen molar-refractivity contribution in [2.24, 2.45) is 5.92 Å². The summed E-state index contributed by atoms with van der Waals surface area (Å²) in [5, 5.41) is 0. The molecule has 22 heavy (non-hydrogen) atoms. The van der Waals surface area contributed by atoms with Crippen LogP contribution in [0.5, 0.6) is 5.75 Å². The zero-order chi connectivity index (χ0) is 15.8. The van der Waals surface area contributed by atoms with Crippen LogP contribution >= 0.6 is 0 Å². The number of rotatable bonds is 7. The molecule has 0 bridgehead atoms. The van der Waals surface area contributed by atoms with E-state index in [-0.39, 0.29) is 0 Å². The topological polar surface area (TPSA) is 9.23 Å². The van der Waals surface area contributed by atoms with Crippen molar-refractivity contribution in [3.63, 3.8) is 0 Å². The minimum atomic E-state index is 0.756. The molecule has 1 aliphatic carbocycles. The highest BCUT2D eigenvalue weighted by molar-refractivity contribution is 5.39. The van der Waals surface area contributed by atoms with E-state index in [1.807, 2.05) is 0 Å². The predicted octanol–water partition coefficient (Wildman–Crippen LogP) is 6.28. The highest BCUT2D eigenvalue weighted by atomic mass is 16.5. The minimum absolute atomic E-state index is 0.756. The lowest BCUT2D eigenvalue weighted by atomic mass is 9.77. The first-order valence-corrected chi connectivity index (χ1v) is 9.15. The maximum absolute atomic E-state index is 5.79. The van der Waals surface area contributed by atoms with Crippen LogP contribution in [-0.4, -0.2) is 6.61 Å². The van der Waals surface area contributed by atoms with E-state index in [1.165, 1.54) is 49.7 Å². The molecule has 0 heterocycles. The highest BCUT2D eigenvalue weighted by Gasteiger charge is 2.22. The van der Waals surface area contributed by atoms with Crippen molar-refractivity contribution in [2.45, 2.75) is 71.6 Å². The molecule has 1 saturated carbocycles. The fourth-order valence-electron chi connectivity index (χ4n) is 3.67. The number of hydrogen-bond acceptors (Lipinski definition) is 1. The van der Waals surface area contributed by atoms with E-state index >= 15 is 0 Å². The molecule has 0 N–H and O–H groups in total. The van der Waals surface area contributed by atoms with Gasteiger partial charge in [0.15, 0.2) is 0 Å². The summed E-state index contributed by atoms with van der Waals surface area (Å²) >= 11 is 0. The Morgan fingerprint density at radius 1 is 1.14 bits per heavy atom. The van der Waals surface area contributed by atoms with Gasteiger partial charge in [-0.2, -0.15) is 0 Å². The highest BCUT2D eigenvalue weighted by Crippen LogP contribution is 2.38. The molecular formula is C21H32O. The van der Waals surface area contributed by atoms with Gasteiger partial charge in [-0.05, 0) is 81.4 Å². The maximum Gasteiger partial charge on any atom is 0.122 e. The molecule has 0 radical (unpaired) electrons. The summed E-state index contributed by atoms with van der Waals surface area (Å²) in [5.74, 6) is 2.76. The molecule has 2 rings (SSSR count). The Hall–Kier alpha value is -1.24.